The number of aromatic nitrogens is 4. The minimum atomic E-state index is 1.09. The lowest BCUT2D eigenvalue weighted by molar-refractivity contribution is 0.539. The Morgan fingerprint density at radius 1 is 0.489 bits per heavy atom. The van der Waals surface area contributed by atoms with E-state index in [1.54, 1.807) is 0 Å². The highest BCUT2D eigenvalue weighted by molar-refractivity contribution is 7.19. The maximum Gasteiger partial charge on any atom is 0.116 e. The molecule has 45 heavy (non-hydrogen) atoms. The number of benzene rings is 1. The van der Waals surface area contributed by atoms with Gasteiger partial charge in [-0.15, -0.1) is 22.7 Å². The number of rotatable bonds is 22. The molecule has 0 unspecified atom stereocenters. The Balaban J connectivity index is 1.22. The molecular weight excluding hydrogens is 609 g/mol. The quantitative estimate of drug-likeness (QED) is 0.0678. The molecule has 244 valence electrons. The first-order valence-corrected chi connectivity index (χ1v) is 20.9. The number of unbranched alkanes of at least 4 members (excludes halogenated alkanes) is 18. The zero-order chi connectivity index (χ0) is 30.8. The highest BCUT2D eigenvalue weighted by Gasteiger charge is 2.26. The summed E-state index contributed by atoms with van der Waals surface area (Å²) >= 11 is 5.15. The summed E-state index contributed by atoms with van der Waals surface area (Å²) in [5.74, 6) is 0. The second kappa shape index (κ2) is 16.7. The Morgan fingerprint density at radius 2 is 0.844 bits per heavy atom. The van der Waals surface area contributed by atoms with E-state index in [1.165, 1.54) is 182 Å². The standard InChI is InChI=1S/C38H54N4S3/c1-3-5-7-9-11-13-15-17-19-21-25-41-29-23-27-43-37(29)31-33-34(40-45-39-33)32-36(35(31)41)42(30-24-28-44-38(30)32)26-22-20-18-16-14-12-10-8-6-4-2/h23-24,27-28H,3-22,25-26H2,1-2H3. The van der Waals surface area contributed by atoms with Crippen LogP contribution in [0.4, 0.5) is 0 Å². The first-order valence-electron chi connectivity index (χ1n) is 18.4. The molecule has 0 atom stereocenters. The fourth-order valence-electron chi connectivity index (χ4n) is 7.56. The Bertz CT molecular complexity index is 1640. The van der Waals surface area contributed by atoms with E-state index in [0.29, 0.717) is 0 Å². The van der Waals surface area contributed by atoms with Gasteiger partial charge < -0.3 is 9.13 Å². The number of nitrogens with zero attached hydrogens (tertiary/aromatic N) is 4. The molecule has 0 N–H and O–H groups in total. The van der Waals surface area contributed by atoms with Crippen LogP contribution in [0.15, 0.2) is 22.9 Å². The van der Waals surface area contributed by atoms with Gasteiger partial charge in [-0.2, -0.15) is 8.75 Å². The molecule has 0 aliphatic rings. The van der Waals surface area contributed by atoms with E-state index < -0.39 is 0 Å². The van der Waals surface area contributed by atoms with Crippen LogP contribution in [-0.4, -0.2) is 17.9 Å². The van der Waals surface area contributed by atoms with Gasteiger partial charge in [0.2, 0.25) is 0 Å². The van der Waals surface area contributed by atoms with Crippen LogP contribution in [0.5, 0.6) is 0 Å². The molecule has 7 heteroatoms. The molecule has 5 heterocycles. The summed E-state index contributed by atoms with van der Waals surface area (Å²) in [6, 6.07) is 4.71. The minimum Gasteiger partial charge on any atom is -0.338 e. The average Bonchev–Trinajstić information content (AvgIpc) is 3.87. The van der Waals surface area contributed by atoms with Gasteiger partial charge in [-0.1, -0.05) is 129 Å². The van der Waals surface area contributed by atoms with Crippen molar-refractivity contribution in [1.82, 2.24) is 17.9 Å². The third kappa shape index (κ3) is 7.31. The lowest BCUT2D eigenvalue weighted by Crippen LogP contribution is -2.02. The van der Waals surface area contributed by atoms with Crippen molar-refractivity contribution in [3.05, 3.63) is 22.9 Å². The normalized spacial score (nSPS) is 12.4. The number of fused-ring (bicyclic) bond motifs is 10. The average molecular weight is 663 g/mol. The molecule has 0 aliphatic carbocycles. The fraction of sp³-hybridized carbons (Fsp3) is 0.632. The number of hydrogen-bond acceptors (Lipinski definition) is 5. The third-order valence-electron chi connectivity index (χ3n) is 10.00. The summed E-state index contributed by atoms with van der Waals surface area (Å²) in [6.07, 6.45) is 27.4. The molecule has 0 radical (unpaired) electrons. The zero-order valence-electron chi connectivity index (χ0n) is 27.9. The van der Waals surface area contributed by atoms with Gasteiger partial charge in [-0.25, -0.2) is 0 Å². The van der Waals surface area contributed by atoms with Gasteiger partial charge in [0.05, 0.1) is 43.2 Å². The van der Waals surface area contributed by atoms with Crippen LogP contribution in [0.2, 0.25) is 0 Å². The lowest BCUT2D eigenvalue weighted by Gasteiger charge is -2.12. The van der Waals surface area contributed by atoms with Crippen LogP contribution in [0.25, 0.3) is 53.3 Å². The van der Waals surface area contributed by atoms with Gasteiger partial charge in [0.25, 0.3) is 0 Å². The summed E-state index contributed by atoms with van der Waals surface area (Å²) < 4.78 is 18.0. The largest absolute Gasteiger partial charge is 0.338 e. The summed E-state index contributed by atoms with van der Waals surface area (Å²) in [5.41, 5.74) is 7.84. The Kier molecular flexibility index (Phi) is 12.3. The third-order valence-corrected chi connectivity index (χ3v) is 12.4. The van der Waals surface area contributed by atoms with E-state index in [4.69, 9.17) is 8.75 Å². The van der Waals surface area contributed by atoms with Crippen molar-refractivity contribution in [1.29, 1.82) is 0 Å². The van der Waals surface area contributed by atoms with Crippen LogP contribution in [0.1, 0.15) is 142 Å². The van der Waals surface area contributed by atoms with Gasteiger partial charge >= 0.3 is 0 Å². The first kappa shape index (κ1) is 33.0. The predicted molar refractivity (Wildman–Crippen MR) is 203 cm³/mol. The van der Waals surface area contributed by atoms with Crippen LogP contribution in [0.3, 0.4) is 0 Å². The molecule has 1 aromatic carbocycles. The maximum absolute atomic E-state index is 4.94. The molecule has 0 saturated carbocycles. The van der Waals surface area contributed by atoms with Crippen molar-refractivity contribution in [3.8, 4) is 0 Å². The highest BCUT2D eigenvalue weighted by Crippen LogP contribution is 2.46. The second-order valence-corrected chi connectivity index (χ2v) is 15.7. The SMILES string of the molecule is CCCCCCCCCCCCn1c2ccsc2c2c3nsnc3c3c4sccc4n(CCCCCCCCCCCC)c3c21. The van der Waals surface area contributed by atoms with Gasteiger partial charge in [-0.05, 0) is 35.7 Å². The van der Waals surface area contributed by atoms with Crippen molar-refractivity contribution in [2.24, 2.45) is 0 Å². The summed E-state index contributed by atoms with van der Waals surface area (Å²) in [4.78, 5) is 0. The van der Waals surface area contributed by atoms with E-state index in [-0.39, 0.29) is 0 Å². The zero-order valence-corrected chi connectivity index (χ0v) is 30.3. The van der Waals surface area contributed by atoms with Crippen LogP contribution < -0.4 is 0 Å². The molecule has 5 aromatic heterocycles. The van der Waals surface area contributed by atoms with E-state index >= 15 is 0 Å². The Labute approximate surface area is 282 Å². The molecule has 0 aliphatic heterocycles. The minimum absolute atomic E-state index is 1.09. The van der Waals surface area contributed by atoms with Crippen LogP contribution in [0, 0.1) is 0 Å². The molecular formula is C38H54N4S3. The predicted octanol–water partition coefficient (Wildman–Crippen LogP) is 13.9. The van der Waals surface area contributed by atoms with Crippen molar-refractivity contribution in [2.75, 3.05) is 0 Å². The van der Waals surface area contributed by atoms with Crippen molar-refractivity contribution in [3.63, 3.8) is 0 Å². The van der Waals surface area contributed by atoms with E-state index in [0.717, 1.165) is 24.1 Å². The number of hydrogen-bond donors (Lipinski definition) is 0. The molecule has 0 fully saturated rings. The maximum atomic E-state index is 4.94. The molecule has 0 saturated heterocycles. The van der Waals surface area contributed by atoms with E-state index in [2.05, 4.69) is 45.9 Å². The molecule has 0 spiro atoms. The molecule has 6 rings (SSSR count). The van der Waals surface area contributed by atoms with Gasteiger partial charge in [0.15, 0.2) is 0 Å². The number of thiophene rings is 2. The molecule has 0 amide bonds. The van der Waals surface area contributed by atoms with E-state index in [9.17, 15) is 0 Å². The van der Waals surface area contributed by atoms with Crippen molar-refractivity contribution in [2.45, 2.75) is 155 Å². The molecule has 4 nitrogen and oxygen atoms in total. The second-order valence-electron chi connectivity index (χ2n) is 13.3. The van der Waals surface area contributed by atoms with E-state index in [1.807, 2.05) is 22.7 Å². The summed E-state index contributed by atoms with van der Waals surface area (Å²) in [6.45, 7) is 6.78. The number of aryl methyl sites for hydroxylation is 2. The van der Waals surface area contributed by atoms with Gasteiger partial charge in [0.1, 0.15) is 11.0 Å². The smallest absolute Gasteiger partial charge is 0.116 e. The monoisotopic (exact) mass is 662 g/mol. The fourth-order valence-corrected chi connectivity index (χ4v) is 10.0. The summed E-state index contributed by atoms with van der Waals surface area (Å²) in [7, 11) is 0. The van der Waals surface area contributed by atoms with Gasteiger partial charge in [-0.3, -0.25) is 0 Å². The first-order chi connectivity index (χ1) is 22.3. The van der Waals surface area contributed by atoms with Gasteiger partial charge in [0, 0.05) is 23.9 Å². The summed E-state index contributed by atoms with van der Waals surface area (Å²) in [5, 5.41) is 7.24. The molecule has 0 bridgehead atoms. The van der Waals surface area contributed by atoms with Crippen molar-refractivity contribution < 1.29 is 0 Å². The van der Waals surface area contributed by atoms with Crippen molar-refractivity contribution >= 4 is 87.7 Å². The lowest BCUT2D eigenvalue weighted by atomic mass is 10.1. The Hall–Kier alpha value is -1.96. The molecule has 6 aromatic rings. The highest BCUT2D eigenvalue weighted by atomic mass is 32.1. The topological polar surface area (TPSA) is 35.6 Å². The Morgan fingerprint density at radius 3 is 1.22 bits per heavy atom. The van der Waals surface area contributed by atoms with Crippen LogP contribution >= 0.6 is 34.4 Å². The van der Waals surface area contributed by atoms with Crippen LogP contribution in [-0.2, 0) is 13.1 Å².